The molecule has 2 rings (SSSR count). The number of hydrogen-bond acceptors (Lipinski definition) is 3. The quantitative estimate of drug-likeness (QED) is 0.898. The lowest BCUT2D eigenvalue weighted by Crippen LogP contribution is -2.20. The number of aromatic nitrogens is 1. The maximum absolute atomic E-state index is 12.1. The summed E-state index contributed by atoms with van der Waals surface area (Å²) in [5.74, 6) is -0.572. The van der Waals surface area contributed by atoms with Gasteiger partial charge < -0.3 is 15.2 Å². The van der Waals surface area contributed by atoms with Crippen molar-refractivity contribution >= 4 is 23.2 Å². The number of nitrogens with one attached hydrogen (secondary N) is 2. The van der Waals surface area contributed by atoms with Crippen molar-refractivity contribution in [2.75, 3.05) is 10.6 Å². The second kappa shape index (κ2) is 6.04. The van der Waals surface area contributed by atoms with Crippen molar-refractivity contribution in [3.63, 3.8) is 0 Å². The van der Waals surface area contributed by atoms with Crippen molar-refractivity contribution in [3.05, 3.63) is 58.5 Å². The van der Waals surface area contributed by atoms with Crippen LogP contribution in [0.1, 0.15) is 17.3 Å². The molecule has 0 radical (unpaired) electrons. The Morgan fingerprint density at radius 3 is 2.33 bits per heavy atom. The highest BCUT2D eigenvalue weighted by atomic mass is 16.2. The Labute approximate surface area is 121 Å². The van der Waals surface area contributed by atoms with E-state index in [1.54, 1.807) is 37.4 Å². The molecule has 0 aliphatic heterocycles. The minimum Gasteiger partial charge on any atom is -0.326 e. The van der Waals surface area contributed by atoms with Crippen LogP contribution in [0.3, 0.4) is 0 Å². The molecule has 2 aromatic rings. The fourth-order valence-electron chi connectivity index (χ4n) is 1.77. The van der Waals surface area contributed by atoms with Gasteiger partial charge in [-0.2, -0.15) is 0 Å². The average Bonchev–Trinajstić information content (AvgIpc) is 2.41. The van der Waals surface area contributed by atoms with Gasteiger partial charge in [-0.15, -0.1) is 0 Å². The molecule has 0 aliphatic rings. The van der Waals surface area contributed by atoms with Gasteiger partial charge in [0.25, 0.3) is 11.5 Å². The number of carbonyl (C=O) groups is 2. The van der Waals surface area contributed by atoms with Crippen LogP contribution in [0.5, 0.6) is 0 Å². The molecule has 2 N–H and O–H groups in total. The minimum absolute atomic E-state index is 0.190. The van der Waals surface area contributed by atoms with Crippen LogP contribution < -0.4 is 16.2 Å². The van der Waals surface area contributed by atoms with E-state index < -0.39 is 0 Å². The van der Waals surface area contributed by atoms with E-state index in [0.29, 0.717) is 11.4 Å². The highest BCUT2D eigenvalue weighted by Crippen LogP contribution is 2.15. The predicted octanol–water partition coefficient (Wildman–Crippen LogP) is 1.60. The normalized spacial score (nSPS) is 10.0. The first kappa shape index (κ1) is 14.5. The molecule has 0 unspecified atom stereocenters. The maximum Gasteiger partial charge on any atom is 0.255 e. The fraction of sp³-hybridized carbons (Fsp3) is 0.133. The zero-order valence-electron chi connectivity index (χ0n) is 11.7. The molecule has 21 heavy (non-hydrogen) atoms. The summed E-state index contributed by atoms with van der Waals surface area (Å²) in [7, 11) is 1.61. The summed E-state index contributed by atoms with van der Waals surface area (Å²) in [6, 6.07) is 9.60. The monoisotopic (exact) mass is 285 g/mol. The van der Waals surface area contributed by atoms with Crippen LogP contribution in [0.2, 0.25) is 0 Å². The first-order valence-electron chi connectivity index (χ1n) is 6.31. The first-order valence-corrected chi connectivity index (χ1v) is 6.31. The molecule has 108 valence electrons. The van der Waals surface area contributed by atoms with Crippen LogP contribution in [0.15, 0.2) is 47.4 Å². The van der Waals surface area contributed by atoms with Gasteiger partial charge in [-0.25, -0.2) is 0 Å². The highest BCUT2D eigenvalue weighted by molar-refractivity contribution is 6.04. The summed E-state index contributed by atoms with van der Waals surface area (Å²) in [5, 5.41) is 5.31. The molecular formula is C15H15N3O3. The van der Waals surface area contributed by atoms with Crippen molar-refractivity contribution in [2.24, 2.45) is 7.05 Å². The van der Waals surface area contributed by atoms with Gasteiger partial charge in [-0.05, 0) is 24.3 Å². The number of carbonyl (C=O) groups excluding carboxylic acids is 2. The second-order valence-corrected chi connectivity index (χ2v) is 4.58. The smallest absolute Gasteiger partial charge is 0.255 e. The van der Waals surface area contributed by atoms with E-state index >= 15 is 0 Å². The van der Waals surface area contributed by atoms with Gasteiger partial charge in [0.1, 0.15) is 0 Å². The van der Waals surface area contributed by atoms with Crippen LogP contribution in [0, 0.1) is 0 Å². The molecular weight excluding hydrogens is 270 g/mol. The summed E-state index contributed by atoms with van der Waals surface area (Å²) in [5.41, 5.74) is 1.15. The van der Waals surface area contributed by atoms with Crippen molar-refractivity contribution in [1.82, 2.24) is 4.57 Å². The highest BCUT2D eigenvalue weighted by Gasteiger charge is 2.07. The summed E-state index contributed by atoms with van der Waals surface area (Å²) in [4.78, 5) is 34.6. The molecule has 0 saturated heterocycles. The maximum atomic E-state index is 12.1. The van der Waals surface area contributed by atoms with Gasteiger partial charge in [-0.3, -0.25) is 14.4 Å². The van der Waals surface area contributed by atoms with Crippen molar-refractivity contribution in [1.29, 1.82) is 0 Å². The molecule has 1 aromatic carbocycles. The Hall–Kier alpha value is -2.89. The zero-order chi connectivity index (χ0) is 15.4. The number of nitrogens with zero attached hydrogens (tertiary/aromatic N) is 1. The van der Waals surface area contributed by atoms with E-state index in [1.165, 1.54) is 23.8 Å². The Morgan fingerprint density at radius 2 is 1.71 bits per heavy atom. The largest absolute Gasteiger partial charge is 0.326 e. The predicted molar refractivity (Wildman–Crippen MR) is 80.4 cm³/mol. The first-order chi connectivity index (χ1) is 9.95. The van der Waals surface area contributed by atoms with Gasteiger partial charge >= 0.3 is 0 Å². The fourth-order valence-corrected chi connectivity index (χ4v) is 1.77. The molecule has 0 fully saturated rings. The van der Waals surface area contributed by atoms with Gasteiger partial charge in [0.2, 0.25) is 5.91 Å². The van der Waals surface area contributed by atoms with Gasteiger partial charge in [0, 0.05) is 43.2 Å². The third kappa shape index (κ3) is 3.79. The van der Waals surface area contributed by atoms with Gasteiger partial charge in [0.05, 0.1) is 0 Å². The topological polar surface area (TPSA) is 80.2 Å². The molecule has 0 spiro atoms. The Bertz CT molecular complexity index is 750. The van der Waals surface area contributed by atoms with Crippen molar-refractivity contribution in [3.8, 4) is 0 Å². The second-order valence-electron chi connectivity index (χ2n) is 4.58. The summed E-state index contributed by atoms with van der Waals surface area (Å²) in [6.45, 7) is 1.41. The van der Waals surface area contributed by atoms with E-state index in [9.17, 15) is 14.4 Å². The van der Waals surface area contributed by atoms with Gasteiger partial charge in [-0.1, -0.05) is 6.07 Å². The Morgan fingerprint density at radius 1 is 1.05 bits per heavy atom. The summed E-state index contributed by atoms with van der Waals surface area (Å²) < 4.78 is 1.38. The molecule has 6 nitrogen and oxygen atoms in total. The Balaban J connectivity index is 2.17. The van der Waals surface area contributed by atoms with Crippen LogP contribution >= 0.6 is 0 Å². The van der Waals surface area contributed by atoms with Gasteiger partial charge in [0.15, 0.2) is 0 Å². The molecule has 0 saturated carbocycles. The molecule has 1 aromatic heterocycles. The number of benzene rings is 1. The molecule has 0 atom stereocenters. The van der Waals surface area contributed by atoms with Crippen molar-refractivity contribution < 1.29 is 9.59 Å². The standard InChI is InChI=1S/C15H15N3O3/c1-10(19)16-12-4-3-5-13(9-12)17-15(21)11-6-7-18(2)14(20)8-11/h3-9H,1-2H3,(H,16,19)(H,17,21). The Kier molecular flexibility index (Phi) is 4.18. The summed E-state index contributed by atoms with van der Waals surface area (Å²) >= 11 is 0. The van der Waals surface area contributed by atoms with Crippen LogP contribution in [-0.2, 0) is 11.8 Å². The molecule has 0 aliphatic carbocycles. The SMILES string of the molecule is CC(=O)Nc1cccc(NC(=O)c2ccn(C)c(=O)c2)c1. The number of pyridine rings is 1. The molecule has 2 amide bonds. The molecule has 0 bridgehead atoms. The molecule has 6 heteroatoms. The lowest BCUT2D eigenvalue weighted by molar-refractivity contribution is -0.114. The number of anilines is 2. The third-order valence-corrected chi connectivity index (χ3v) is 2.81. The van der Waals surface area contributed by atoms with Crippen LogP contribution in [-0.4, -0.2) is 16.4 Å². The van der Waals surface area contributed by atoms with E-state index in [1.807, 2.05) is 0 Å². The van der Waals surface area contributed by atoms with E-state index in [2.05, 4.69) is 10.6 Å². The number of rotatable bonds is 3. The minimum atomic E-state index is -0.382. The lowest BCUT2D eigenvalue weighted by Gasteiger charge is -2.08. The van der Waals surface area contributed by atoms with E-state index in [4.69, 9.17) is 0 Å². The number of amides is 2. The average molecular weight is 285 g/mol. The zero-order valence-corrected chi connectivity index (χ0v) is 11.7. The lowest BCUT2D eigenvalue weighted by atomic mass is 10.2. The molecule has 1 heterocycles. The van der Waals surface area contributed by atoms with Crippen molar-refractivity contribution in [2.45, 2.75) is 6.92 Å². The van der Waals surface area contributed by atoms with Crippen LogP contribution in [0.25, 0.3) is 0 Å². The van der Waals surface area contributed by atoms with Crippen LogP contribution in [0.4, 0.5) is 11.4 Å². The van der Waals surface area contributed by atoms with E-state index in [-0.39, 0.29) is 22.9 Å². The number of aryl methyl sites for hydroxylation is 1. The third-order valence-electron chi connectivity index (χ3n) is 2.81. The number of hydrogen-bond donors (Lipinski definition) is 2. The summed E-state index contributed by atoms with van der Waals surface area (Å²) in [6.07, 6.45) is 1.53. The van der Waals surface area contributed by atoms with E-state index in [0.717, 1.165) is 0 Å².